The van der Waals surface area contributed by atoms with E-state index in [-0.39, 0.29) is 16.5 Å². The minimum Gasteiger partial charge on any atom is -0.305 e. The molecular weight excluding hydrogens is 358 g/mol. The molecule has 25 heavy (non-hydrogen) atoms. The number of nitrogens with zero attached hydrogens (tertiary/aromatic N) is 2. The second-order valence-electron chi connectivity index (χ2n) is 5.83. The summed E-state index contributed by atoms with van der Waals surface area (Å²) in [6.45, 7) is 4.01. The third-order valence-corrected chi connectivity index (χ3v) is 7.19. The van der Waals surface area contributed by atoms with E-state index in [0.29, 0.717) is 10.7 Å². The highest BCUT2D eigenvalue weighted by molar-refractivity contribution is 7.89. The fourth-order valence-corrected chi connectivity index (χ4v) is 5.58. The number of allylic oxidation sites excluding steroid dienone is 1. The minimum absolute atomic E-state index is 0.0415. The number of likely N-dealkylation sites (N-methyl/N-ethyl adjacent to an activating group) is 1. The van der Waals surface area contributed by atoms with E-state index in [9.17, 15) is 13.2 Å². The van der Waals surface area contributed by atoms with E-state index >= 15 is 0 Å². The fraction of sp³-hybridized carbons (Fsp3) is 0.294. The maximum Gasteiger partial charge on any atom is 0.274 e. The van der Waals surface area contributed by atoms with Crippen molar-refractivity contribution in [3.63, 3.8) is 0 Å². The highest BCUT2D eigenvalue weighted by atomic mass is 32.2. The Bertz CT molecular complexity index is 933. The molecule has 0 bridgehead atoms. The molecule has 2 aromatic rings. The van der Waals surface area contributed by atoms with Crippen molar-refractivity contribution in [3.8, 4) is 0 Å². The zero-order valence-corrected chi connectivity index (χ0v) is 15.8. The Kier molecular flexibility index (Phi) is 4.66. The molecule has 0 saturated carbocycles. The van der Waals surface area contributed by atoms with E-state index in [1.807, 2.05) is 13.8 Å². The third-order valence-electron chi connectivity index (χ3n) is 4.31. The number of sulfonamides is 1. The highest BCUT2D eigenvalue weighted by Crippen LogP contribution is 2.43. The number of carbonyl (C=O) groups is 1. The van der Waals surface area contributed by atoms with Crippen LogP contribution >= 0.6 is 11.3 Å². The molecule has 8 heteroatoms. The van der Waals surface area contributed by atoms with Gasteiger partial charge in [-0.05, 0) is 35.9 Å². The number of hydrogen-bond acceptors (Lipinski definition) is 5. The molecule has 1 unspecified atom stereocenters. The summed E-state index contributed by atoms with van der Waals surface area (Å²) in [6, 6.07) is 6.76. The van der Waals surface area contributed by atoms with E-state index in [1.54, 1.807) is 35.8 Å². The standard InChI is InChI=1S/C17H19N3O3S2/c1-4-11(2)14-15(17(21)19-13-7-5-6-9-18-13)20(3)25(22,23)12-8-10-24-16(12)14/h5-11H,4H2,1-3H3,(H,18,19,21). The highest BCUT2D eigenvalue weighted by Gasteiger charge is 2.39. The van der Waals surface area contributed by atoms with Gasteiger partial charge in [0.2, 0.25) is 0 Å². The molecule has 1 N–H and O–H groups in total. The van der Waals surface area contributed by atoms with Gasteiger partial charge in [-0.2, -0.15) is 0 Å². The van der Waals surface area contributed by atoms with Crippen molar-refractivity contribution >= 4 is 38.7 Å². The molecule has 3 rings (SSSR count). The van der Waals surface area contributed by atoms with Gasteiger partial charge in [0.05, 0.1) is 4.88 Å². The molecule has 2 aromatic heterocycles. The van der Waals surface area contributed by atoms with Crippen LogP contribution in [0.3, 0.4) is 0 Å². The van der Waals surface area contributed by atoms with Crippen molar-refractivity contribution in [1.29, 1.82) is 0 Å². The Morgan fingerprint density at radius 3 is 2.76 bits per heavy atom. The molecule has 1 amide bonds. The number of nitrogens with one attached hydrogen (secondary N) is 1. The van der Waals surface area contributed by atoms with Gasteiger partial charge in [-0.3, -0.25) is 9.10 Å². The number of fused-ring (bicyclic) bond motifs is 1. The number of carbonyl (C=O) groups excluding carboxylic acids is 1. The molecule has 6 nitrogen and oxygen atoms in total. The lowest BCUT2D eigenvalue weighted by Gasteiger charge is -2.31. The number of thiophene rings is 1. The summed E-state index contributed by atoms with van der Waals surface area (Å²) in [4.78, 5) is 17.9. The monoisotopic (exact) mass is 377 g/mol. The van der Waals surface area contributed by atoms with Gasteiger partial charge in [0, 0.05) is 18.8 Å². The first kappa shape index (κ1) is 17.6. The van der Waals surface area contributed by atoms with E-state index in [1.165, 1.54) is 18.4 Å². The van der Waals surface area contributed by atoms with Gasteiger partial charge >= 0.3 is 0 Å². The molecule has 132 valence electrons. The van der Waals surface area contributed by atoms with Crippen LogP contribution in [0.2, 0.25) is 0 Å². The summed E-state index contributed by atoms with van der Waals surface area (Å²) in [6.07, 6.45) is 2.36. The Hall–Kier alpha value is -2.19. The van der Waals surface area contributed by atoms with Crippen LogP contribution in [0.1, 0.15) is 25.1 Å². The Labute approximate surface area is 151 Å². The maximum absolute atomic E-state index is 12.9. The van der Waals surface area contributed by atoms with Crippen LogP contribution in [-0.2, 0) is 14.8 Å². The van der Waals surface area contributed by atoms with Crippen LogP contribution in [0.25, 0.3) is 5.57 Å². The molecule has 0 fully saturated rings. The summed E-state index contributed by atoms with van der Waals surface area (Å²) in [5.74, 6) is -0.0507. The molecule has 0 aliphatic carbocycles. The number of pyridine rings is 1. The minimum atomic E-state index is -3.73. The smallest absolute Gasteiger partial charge is 0.274 e. The Morgan fingerprint density at radius 1 is 1.36 bits per heavy atom. The number of anilines is 1. The van der Waals surface area contributed by atoms with Crippen LogP contribution in [0.15, 0.2) is 46.4 Å². The summed E-state index contributed by atoms with van der Waals surface area (Å²) in [5.41, 5.74) is 0.924. The predicted molar refractivity (Wildman–Crippen MR) is 98.5 cm³/mol. The van der Waals surface area contributed by atoms with Crippen LogP contribution in [-0.4, -0.2) is 30.7 Å². The SMILES string of the molecule is CCC(C)C1=C(C(=O)Nc2ccccn2)N(C)S(=O)(=O)c2ccsc21. The van der Waals surface area contributed by atoms with E-state index in [0.717, 1.165) is 16.3 Å². The fourth-order valence-electron chi connectivity index (χ4n) is 2.78. The van der Waals surface area contributed by atoms with Crippen LogP contribution in [0.4, 0.5) is 5.82 Å². The second-order valence-corrected chi connectivity index (χ2v) is 8.68. The van der Waals surface area contributed by atoms with E-state index in [2.05, 4.69) is 10.3 Å². The molecule has 0 saturated heterocycles. The van der Waals surface area contributed by atoms with Crippen LogP contribution in [0.5, 0.6) is 0 Å². The second kappa shape index (κ2) is 6.61. The van der Waals surface area contributed by atoms with Gasteiger partial charge in [-0.1, -0.05) is 19.9 Å². The number of amides is 1. The van der Waals surface area contributed by atoms with Crippen molar-refractivity contribution < 1.29 is 13.2 Å². The quantitative estimate of drug-likeness (QED) is 0.887. The maximum atomic E-state index is 12.9. The van der Waals surface area contributed by atoms with Gasteiger partial charge in [0.15, 0.2) is 0 Å². The summed E-state index contributed by atoms with van der Waals surface area (Å²) in [7, 11) is -2.31. The molecule has 0 spiro atoms. The molecule has 1 aliphatic heterocycles. The molecule has 0 aromatic carbocycles. The number of rotatable bonds is 4. The normalized spacial score (nSPS) is 17.2. The molecular formula is C17H19N3O3S2. The first-order chi connectivity index (χ1) is 11.9. The Morgan fingerprint density at radius 2 is 2.12 bits per heavy atom. The van der Waals surface area contributed by atoms with Crippen molar-refractivity contribution in [2.45, 2.75) is 25.2 Å². The van der Waals surface area contributed by atoms with Gasteiger partial charge < -0.3 is 5.32 Å². The lowest BCUT2D eigenvalue weighted by Crippen LogP contribution is -2.37. The lowest BCUT2D eigenvalue weighted by molar-refractivity contribution is -0.113. The first-order valence-electron chi connectivity index (χ1n) is 7.91. The van der Waals surface area contributed by atoms with Gasteiger partial charge in [0.1, 0.15) is 16.4 Å². The molecule has 1 aliphatic rings. The van der Waals surface area contributed by atoms with Crippen molar-refractivity contribution in [3.05, 3.63) is 46.4 Å². The zero-order valence-electron chi connectivity index (χ0n) is 14.2. The Balaban J connectivity index is 2.16. The summed E-state index contributed by atoms with van der Waals surface area (Å²) < 4.78 is 26.7. The molecule has 1 atom stereocenters. The van der Waals surface area contributed by atoms with Crippen molar-refractivity contribution in [1.82, 2.24) is 9.29 Å². The third kappa shape index (κ3) is 2.96. The topological polar surface area (TPSA) is 79.4 Å². The van der Waals surface area contributed by atoms with Crippen LogP contribution < -0.4 is 5.32 Å². The average Bonchev–Trinajstić information content (AvgIpc) is 3.08. The first-order valence-corrected chi connectivity index (χ1v) is 10.2. The predicted octanol–water partition coefficient (Wildman–Crippen LogP) is 3.17. The summed E-state index contributed by atoms with van der Waals surface area (Å²) in [5, 5.41) is 4.45. The van der Waals surface area contributed by atoms with Crippen molar-refractivity contribution in [2.75, 3.05) is 12.4 Å². The summed E-state index contributed by atoms with van der Waals surface area (Å²) >= 11 is 1.35. The molecule has 3 heterocycles. The number of hydrogen-bond donors (Lipinski definition) is 1. The van der Waals surface area contributed by atoms with E-state index in [4.69, 9.17) is 0 Å². The van der Waals surface area contributed by atoms with Gasteiger partial charge in [-0.25, -0.2) is 13.4 Å². The van der Waals surface area contributed by atoms with E-state index < -0.39 is 15.9 Å². The molecule has 0 radical (unpaired) electrons. The van der Waals surface area contributed by atoms with Gasteiger partial charge in [0.25, 0.3) is 15.9 Å². The lowest BCUT2D eigenvalue weighted by atomic mass is 9.94. The van der Waals surface area contributed by atoms with Crippen LogP contribution in [0, 0.1) is 5.92 Å². The van der Waals surface area contributed by atoms with Gasteiger partial charge in [-0.15, -0.1) is 11.3 Å². The number of aromatic nitrogens is 1. The average molecular weight is 377 g/mol. The largest absolute Gasteiger partial charge is 0.305 e. The zero-order chi connectivity index (χ0) is 18.2. The van der Waals surface area contributed by atoms with Crippen molar-refractivity contribution in [2.24, 2.45) is 5.92 Å².